The Labute approximate surface area is 187 Å². The number of carbonyl (C=O) groups excluding carboxylic acids is 1. The Morgan fingerprint density at radius 1 is 1.32 bits per heavy atom. The van der Waals surface area contributed by atoms with Crippen LogP contribution in [0, 0.1) is 13.8 Å². The second kappa shape index (κ2) is 10.4. The van der Waals surface area contributed by atoms with Crippen LogP contribution < -0.4 is 10.6 Å². The second-order valence-corrected chi connectivity index (χ2v) is 8.41. The fraction of sp³-hybridized carbons (Fsp3) is 0.435. The van der Waals surface area contributed by atoms with E-state index in [9.17, 15) is 4.79 Å². The van der Waals surface area contributed by atoms with Gasteiger partial charge in [-0.15, -0.1) is 11.3 Å². The van der Waals surface area contributed by atoms with Crippen molar-refractivity contribution >= 4 is 34.2 Å². The van der Waals surface area contributed by atoms with Crippen molar-refractivity contribution in [1.82, 2.24) is 20.6 Å². The normalized spacial score (nSPS) is 12.7. The van der Waals surface area contributed by atoms with Gasteiger partial charge in [-0.1, -0.05) is 12.1 Å². The number of nitrogens with one attached hydrogen (secondary N) is 3. The van der Waals surface area contributed by atoms with Crippen LogP contribution >= 0.6 is 11.3 Å². The average molecular weight is 442 g/mol. The zero-order chi connectivity index (χ0) is 22.4. The first kappa shape index (κ1) is 22.8. The van der Waals surface area contributed by atoms with Gasteiger partial charge in [0.15, 0.2) is 5.96 Å². The minimum absolute atomic E-state index is 0.0833. The van der Waals surface area contributed by atoms with Gasteiger partial charge in [-0.3, -0.25) is 4.99 Å². The molecule has 0 aliphatic carbocycles. The summed E-state index contributed by atoms with van der Waals surface area (Å²) in [5.41, 5.74) is 4.40. The van der Waals surface area contributed by atoms with Crippen LogP contribution in [0.3, 0.4) is 0 Å². The molecule has 2 aromatic heterocycles. The number of aryl methyl sites for hydroxylation is 2. The molecule has 0 saturated carbocycles. The first-order valence-electron chi connectivity index (χ1n) is 10.7. The number of aromatic amines is 1. The molecule has 0 fully saturated rings. The lowest BCUT2D eigenvalue weighted by Crippen LogP contribution is -2.38. The Balaban J connectivity index is 1.68. The van der Waals surface area contributed by atoms with Crippen LogP contribution in [0.2, 0.25) is 0 Å². The predicted octanol–water partition coefficient (Wildman–Crippen LogP) is 4.28. The van der Waals surface area contributed by atoms with Crippen LogP contribution in [0.5, 0.6) is 0 Å². The Kier molecular flexibility index (Phi) is 7.68. The monoisotopic (exact) mass is 441 g/mol. The van der Waals surface area contributed by atoms with E-state index in [2.05, 4.69) is 51.9 Å². The molecule has 31 heavy (non-hydrogen) atoms. The van der Waals surface area contributed by atoms with E-state index in [0.717, 1.165) is 29.4 Å². The minimum Gasteiger partial charge on any atom is -0.462 e. The summed E-state index contributed by atoms with van der Waals surface area (Å²) >= 11 is 1.37. The Bertz CT molecular complexity index is 1070. The summed E-state index contributed by atoms with van der Waals surface area (Å²) < 4.78 is 5.12. The third kappa shape index (κ3) is 5.44. The lowest BCUT2D eigenvalue weighted by Gasteiger charge is -2.16. The molecule has 0 bridgehead atoms. The molecular formula is C23H31N5O2S. The van der Waals surface area contributed by atoms with Crippen molar-refractivity contribution in [2.45, 2.75) is 47.1 Å². The number of rotatable bonds is 8. The van der Waals surface area contributed by atoms with Crippen molar-refractivity contribution in [3.8, 4) is 0 Å². The maximum Gasteiger partial charge on any atom is 0.350 e. The van der Waals surface area contributed by atoms with Crippen molar-refractivity contribution in [2.24, 2.45) is 4.99 Å². The average Bonchev–Trinajstić information content (AvgIpc) is 3.33. The summed E-state index contributed by atoms with van der Waals surface area (Å²) in [6, 6.07) is 6.22. The lowest BCUT2D eigenvalue weighted by atomic mass is 10.1. The third-order valence-corrected chi connectivity index (χ3v) is 6.31. The summed E-state index contributed by atoms with van der Waals surface area (Å²) in [7, 11) is 0. The third-order valence-electron chi connectivity index (χ3n) is 4.99. The molecule has 0 saturated heterocycles. The number of fused-ring (bicyclic) bond motifs is 1. The summed E-state index contributed by atoms with van der Waals surface area (Å²) in [6.07, 6.45) is 2.92. The molecule has 1 aromatic carbocycles. The van der Waals surface area contributed by atoms with Gasteiger partial charge in [0.25, 0.3) is 0 Å². The zero-order valence-electron chi connectivity index (χ0n) is 18.8. The fourth-order valence-electron chi connectivity index (χ4n) is 3.51. The molecule has 166 valence electrons. The van der Waals surface area contributed by atoms with Gasteiger partial charge in [-0.25, -0.2) is 9.78 Å². The first-order chi connectivity index (χ1) is 14.9. The largest absolute Gasteiger partial charge is 0.462 e. The molecule has 0 aliphatic heterocycles. The highest BCUT2D eigenvalue weighted by Gasteiger charge is 2.20. The quantitative estimate of drug-likeness (QED) is 0.276. The molecule has 1 unspecified atom stereocenters. The molecule has 0 aliphatic rings. The van der Waals surface area contributed by atoms with Crippen LogP contribution in [-0.2, 0) is 11.2 Å². The van der Waals surface area contributed by atoms with E-state index in [1.54, 1.807) is 6.92 Å². The number of nitrogens with zero attached hydrogens (tertiary/aromatic N) is 2. The molecule has 7 nitrogen and oxygen atoms in total. The van der Waals surface area contributed by atoms with Crippen molar-refractivity contribution in [2.75, 3.05) is 19.7 Å². The maximum absolute atomic E-state index is 12.1. The van der Waals surface area contributed by atoms with Crippen LogP contribution in [-0.4, -0.2) is 41.6 Å². The molecule has 0 amide bonds. The van der Waals surface area contributed by atoms with Crippen molar-refractivity contribution < 1.29 is 9.53 Å². The van der Waals surface area contributed by atoms with E-state index in [0.29, 0.717) is 23.7 Å². The maximum atomic E-state index is 12.1. The number of aromatic nitrogens is 2. The second-order valence-electron chi connectivity index (χ2n) is 7.38. The number of aliphatic imine (C=N–C) groups is 1. The Morgan fingerprint density at radius 3 is 2.87 bits per heavy atom. The van der Waals surface area contributed by atoms with Gasteiger partial charge in [-0.05, 0) is 58.2 Å². The van der Waals surface area contributed by atoms with Gasteiger partial charge in [0.1, 0.15) is 9.88 Å². The molecule has 2 heterocycles. The molecule has 1 atom stereocenters. The standard InChI is InChI=1S/C23H31N5O2S/c1-6-24-23(25-12-11-17-13-26-18-10-8-9-14(3)19(17)18)28-16(5)21-27-15(4)20(31-21)22(29)30-7-2/h8-10,13,16,26H,6-7,11-12H2,1-5H3,(H2,24,25,28). The van der Waals surface area contributed by atoms with E-state index in [1.165, 1.54) is 27.8 Å². The van der Waals surface area contributed by atoms with E-state index < -0.39 is 0 Å². The topological polar surface area (TPSA) is 91.4 Å². The molecule has 0 spiro atoms. The van der Waals surface area contributed by atoms with Gasteiger partial charge < -0.3 is 20.4 Å². The predicted molar refractivity (Wildman–Crippen MR) is 127 cm³/mol. The number of benzene rings is 1. The van der Waals surface area contributed by atoms with Gasteiger partial charge in [-0.2, -0.15) is 0 Å². The van der Waals surface area contributed by atoms with Crippen molar-refractivity contribution in [3.63, 3.8) is 0 Å². The number of H-pyrrole nitrogens is 1. The van der Waals surface area contributed by atoms with Crippen LogP contribution in [0.1, 0.15) is 58.3 Å². The number of thiazole rings is 1. The van der Waals surface area contributed by atoms with Crippen molar-refractivity contribution in [3.05, 3.63) is 51.1 Å². The molecule has 3 N–H and O–H groups in total. The molecule has 3 rings (SSSR count). The van der Waals surface area contributed by atoms with Crippen LogP contribution in [0.4, 0.5) is 0 Å². The minimum atomic E-state index is -0.314. The number of ether oxygens (including phenoxy) is 1. The van der Waals surface area contributed by atoms with E-state index >= 15 is 0 Å². The summed E-state index contributed by atoms with van der Waals surface area (Å²) in [5, 5.41) is 8.81. The Morgan fingerprint density at radius 2 is 2.13 bits per heavy atom. The van der Waals surface area contributed by atoms with Gasteiger partial charge >= 0.3 is 5.97 Å². The van der Waals surface area contributed by atoms with Crippen molar-refractivity contribution in [1.29, 1.82) is 0 Å². The molecule has 3 aromatic rings. The van der Waals surface area contributed by atoms with Gasteiger partial charge in [0, 0.05) is 30.2 Å². The molecule has 8 heteroatoms. The fourth-order valence-corrected chi connectivity index (χ4v) is 4.48. The number of esters is 1. The van der Waals surface area contributed by atoms with E-state index in [-0.39, 0.29) is 12.0 Å². The van der Waals surface area contributed by atoms with E-state index in [4.69, 9.17) is 9.73 Å². The number of guanidine groups is 1. The highest BCUT2D eigenvalue weighted by Crippen LogP contribution is 2.25. The molecular weight excluding hydrogens is 410 g/mol. The number of hydrogen-bond donors (Lipinski definition) is 3. The lowest BCUT2D eigenvalue weighted by molar-refractivity contribution is 0.0531. The highest BCUT2D eigenvalue weighted by atomic mass is 32.1. The molecule has 0 radical (unpaired) electrons. The SMILES string of the molecule is CCNC(=NCCc1c[nH]c2cccc(C)c12)NC(C)c1nc(C)c(C(=O)OCC)s1. The van der Waals surface area contributed by atoms with Crippen LogP contribution in [0.25, 0.3) is 10.9 Å². The number of carbonyl (C=O) groups is 1. The van der Waals surface area contributed by atoms with Crippen LogP contribution in [0.15, 0.2) is 29.4 Å². The summed E-state index contributed by atoms with van der Waals surface area (Å²) in [4.78, 5) is 25.3. The first-order valence-corrected chi connectivity index (χ1v) is 11.5. The van der Waals surface area contributed by atoms with Gasteiger partial charge in [0.05, 0.1) is 18.3 Å². The van der Waals surface area contributed by atoms with Gasteiger partial charge in [0.2, 0.25) is 0 Å². The summed E-state index contributed by atoms with van der Waals surface area (Å²) in [6.45, 7) is 11.6. The zero-order valence-corrected chi connectivity index (χ0v) is 19.7. The highest BCUT2D eigenvalue weighted by molar-refractivity contribution is 7.13. The Hall–Kier alpha value is -2.87. The smallest absolute Gasteiger partial charge is 0.350 e. The summed E-state index contributed by atoms with van der Waals surface area (Å²) in [5.74, 6) is 0.419. The van der Waals surface area contributed by atoms with E-state index in [1.807, 2.05) is 20.8 Å². The number of hydrogen-bond acceptors (Lipinski definition) is 5.